The minimum Gasteiger partial charge on any atom is -0.495 e. The molecular weight excluding hydrogens is 400 g/mol. The average Bonchev–Trinajstić information content (AvgIpc) is 2.65. The number of hydrogen-bond acceptors (Lipinski definition) is 4. The summed E-state index contributed by atoms with van der Waals surface area (Å²) in [5.74, 6) is -0.120. The van der Waals surface area contributed by atoms with Gasteiger partial charge in [0.25, 0.3) is 0 Å². The van der Waals surface area contributed by atoms with Crippen LogP contribution in [-0.4, -0.2) is 34.2 Å². The van der Waals surface area contributed by atoms with Gasteiger partial charge in [-0.1, -0.05) is 42.8 Å². The Labute approximate surface area is 171 Å². The summed E-state index contributed by atoms with van der Waals surface area (Å²) in [5.41, 5.74) is 2.36. The van der Waals surface area contributed by atoms with Crippen LogP contribution in [0.2, 0.25) is 5.02 Å². The van der Waals surface area contributed by atoms with Gasteiger partial charge in [0.1, 0.15) is 12.3 Å². The molecule has 0 aromatic heterocycles. The molecule has 152 valence electrons. The summed E-state index contributed by atoms with van der Waals surface area (Å²) in [4.78, 5) is 12.6. The highest BCUT2D eigenvalue weighted by molar-refractivity contribution is 7.92. The van der Waals surface area contributed by atoms with Crippen LogP contribution >= 0.6 is 11.6 Å². The number of ether oxygens (including phenoxy) is 1. The van der Waals surface area contributed by atoms with Gasteiger partial charge in [-0.15, -0.1) is 0 Å². The Balaban J connectivity index is 2.21. The Kier molecular flexibility index (Phi) is 7.32. The Morgan fingerprint density at radius 1 is 1.21 bits per heavy atom. The molecule has 28 heavy (non-hydrogen) atoms. The van der Waals surface area contributed by atoms with Crippen molar-refractivity contribution in [2.24, 2.45) is 0 Å². The molecule has 0 radical (unpaired) electrons. The zero-order valence-electron chi connectivity index (χ0n) is 16.4. The first-order valence-electron chi connectivity index (χ1n) is 8.85. The third-order valence-corrected chi connectivity index (χ3v) is 5.72. The molecule has 0 aliphatic carbocycles. The van der Waals surface area contributed by atoms with Crippen molar-refractivity contribution in [1.29, 1.82) is 0 Å². The van der Waals surface area contributed by atoms with E-state index in [1.54, 1.807) is 12.1 Å². The van der Waals surface area contributed by atoms with Gasteiger partial charge in [0.15, 0.2) is 0 Å². The number of nitrogens with zero attached hydrogens (tertiary/aromatic N) is 1. The number of hydrogen-bond donors (Lipinski definition) is 1. The molecule has 8 heteroatoms. The molecule has 1 unspecified atom stereocenters. The molecule has 1 N–H and O–H groups in total. The topological polar surface area (TPSA) is 75.7 Å². The number of halogens is 1. The zero-order valence-corrected chi connectivity index (χ0v) is 18.0. The Morgan fingerprint density at radius 3 is 2.39 bits per heavy atom. The van der Waals surface area contributed by atoms with E-state index < -0.39 is 15.9 Å². The maximum absolute atomic E-state index is 12.6. The van der Waals surface area contributed by atoms with Crippen molar-refractivity contribution >= 4 is 33.2 Å². The van der Waals surface area contributed by atoms with Crippen molar-refractivity contribution in [3.05, 3.63) is 58.6 Å². The number of methoxy groups -OCH3 is 1. The average molecular weight is 425 g/mol. The normalized spacial score (nSPS) is 12.3. The van der Waals surface area contributed by atoms with Crippen molar-refractivity contribution in [3.8, 4) is 5.75 Å². The third-order valence-electron chi connectivity index (χ3n) is 4.36. The van der Waals surface area contributed by atoms with Crippen LogP contribution in [0.4, 0.5) is 5.69 Å². The predicted molar refractivity (Wildman–Crippen MR) is 113 cm³/mol. The maximum atomic E-state index is 12.6. The summed E-state index contributed by atoms with van der Waals surface area (Å²) >= 11 is 6.02. The molecule has 2 aromatic carbocycles. The van der Waals surface area contributed by atoms with E-state index in [0.29, 0.717) is 10.8 Å². The number of carbonyl (C=O) groups is 1. The quantitative estimate of drug-likeness (QED) is 0.703. The molecule has 2 rings (SSSR count). The molecule has 0 heterocycles. The van der Waals surface area contributed by atoms with Crippen LogP contribution in [0.5, 0.6) is 5.75 Å². The monoisotopic (exact) mass is 424 g/mol. The van der Waals surface area contributed by atoms with Crippen LogP contribution in [0.3, 0.4) is 0 Å². The van der Waals surface area contributed by atoms with Gasteiger partial charge in [0.05, 0.1) is 25.1 Å². The SMILES string of the molecule is CCc1ccc(C(C)NC(=O)CN(c2cc(Cl)ccc2OC)S(C)(=O)=O)cc1. The number of nitrogens with one attached hydrogen (secondary N) is 1. The van der Waals surface area contributed by atoms with E-state index in [1.165, 1.54) is 18.7 Å². The zero-order chi connectivity index (χ0) is 20.9. The second-order valence-electron chi connectivity index (χ2n) is 6.47. The maximum Gasteiger partial charge on any atom is 0.241 e. The highest BCUT2D eigenvalue weighted by Crippen LogP contribution is 2.32. The first-order valence-corrected chi connectivity index (χ1v) is 11.1. The lowest BCUT2D eigenvalue weighted by molar-refractivity contribution is -0.120. The van der Waals surface area contributed by atoms with Crippen molar-refractivity contribution < 1.29 is 17.9 Å². The molecule has 1 atom stereocenters. The molecule has 2 aromatic rings. The summed E-state index contributed by atoms with van der Waals surface area (Å²) in [5, 5.41) is 3.18. The molecule has 0 fully saturated rings. The van der Waals surface area contributed by atoms with Crippen molar-refractivity contribution in [2.45, 2.75) is 26.3 Å². The smallest absolute Gasteiger partial charge is 0.241 e. The van der Waals surface area contributed by atoms with Gasteiger partial charge in [0.2, 0.25) is 15.9 Å². The van der Waals surface area contributed by atoms with E-state index in [9.17, 15) is 13.2 Å². The number of anilines is 1. The van der Waals surface area contributed by atoms with Crippen LogP contribution in [0.25, 0.3) is 0 Å². The fourth-order valence-electron chi connectivity index (χ4n) is 2.78. The Morgan fingerprint density at radius 2 is 1.86 bits per heavy atom. The van der Waals surface area contributed by atoms with Gasteiger partial charge in [-0.25, -0.2) is 8.42 Å². The first kappa shape index (κ1) is 22.0. The van der Waals surface area contributed by atoms with Crippen molar-refractivity contribution in [1.82, 2.24) is 5.32 Å². The second kappa shape index (κ2) is 9.30. The minimum atomic E-state index is -3.74. The highest BCUT2D eigenvalue weighted by atomic mass is 35.5. The Bertz CT molecular complexity index is 930. The summed E-state index contributed by atoms with van der Waals surface area (Å²) in [6.45, 7) is 3.54. The van der Waals surface area contributed by atoms with E-state index in [4.69, 9.17) is 16.3 Å². The number of benzene rings is 2. The molecule has 0 saturated heterocycles. The van der Waals surface area contributed by atoms with E-state index in [1.807, 2.05) is 31.2 Å². The van der Waals surface area contributed by atoms with Crippen LogP contribution in [0.1, 0.15) is 31.0 Å². The molecular formula is C20H25ClN2O4S. The van der Waals surface area contributed by atoms with Crippen LogP contribution in [-0.2, 0) is 21.2 Å². The van der Waals surface area contributed by atoms with Gasteiger partial charge in [0, 0.05) is 5.02 Å². The molecule has 0 spiro atoms. The standard InChI is InChI=1S/C20H25ClN2O4S/c1-5-15-6-8-16(9-7-15)14(2)22-20(24)13-23(28(4,25)26)18-12-17(21)10-11-19(18)27-3/h6-12,14H,5,13H2,1-4H3,(H,22,24). The fraction of sp³-hybridized carbons (Fsp3) is 0.350. The lowest BCUT2D eigenvalue weighted by Crippen LogP contribution is -2.41. The summed E-state index contributed by atoms with van der Waals surface area (Å²) in [6, 6.07) is 12.3. The largest absolute Gasteiger partial charge is 0.495 e. The lowest BCUT2D eigenvalue weighted by atomic mass is 10.1. The van der Waals surface area contributed by atoms with Crippen LogP contribution < -0.4 is 14.4 Å². The summed E-state index contributed by atoms with van der Waals surface area (Å²) in [7, 11) is -2.31. The highest BCUT2D eigenvalue weighted by Gasteiger charge is 2.25. The van der Waals surface area contributed by atoms with E-state index in [2.05, 4.69) is 12.2 Å². The molecule has 1 amide bonds. The number of rotatable bonds is 8. The number of amides is 1. The molecule has 6 nitrogen and oxygen atoms in total. The third kappa shape index (κ3) is 5.62. The molecule has 0 saturated carbocycles. The van der Waals surface area contributed by atoms with Gasteiger partial charge >= 0.3 is 0 Å². The Hall–Kier alpha value is -2.25. The van der Waals surface area contributed by atoms with Gasteiger partial charge in [-0.3, -0.25) is 9.10 Å². The second-order valence-corrected chi connectivity index (χ2v) is 8.81. The minimum absolute atomic E-state index is 0.215. The lowest BCUT2D eigenvalue weighted by Gasteiger charge is -2.25. The van der Waals surface area contributed by atoms with Gasteiger partial charge in [-0.05, 0) is 42.7 Å². The summed E-state index contributed by atoms with van der Waals surface area (Å²) in [6.07, 6.45) is 1.97. The van der Waals surface area contributed by atoms with Crippen molar-refractivity contribution in [3.63, 3.8) is 0 Å². The molecule has 0 aliphatic rings. The predicted octanol–water partition coefficient (Wildman–Crippen LogP) is 3.55. The van der Waals surface area contributed by atoms with E-state index >= 15 is 0 Å². The van der Waals surface area contributed by atoms with Crippen molar-refractivity contribution in [2.75, 3.05) is 24.2 Å². The van der Waals surface area contributed by atoms with Gasteiger partial charge in [-0.2, -0.15) is 0 Å². The number of sulfonamides is 1. The molecule has 0 bridgehead atoms. The van der Waals surface area contributed by atoms with Gasteiger partial charge < -0.3 is 10.1 Å². The first-order chi connectivity index (χ1) is 13.2. The number of carbonyl (C=O) groups excluding carboxylic acids is 1. The fourth-order valence-corrected chi connectivity index (χ4v) is 3.80. The van der Waals surface area contributed by atoms with Crippen LogP contribution in [0.15, 0.2) is 42.5 Å². The summed E-state index contributed by atoms with van der Waals surface area (Å²) < 4.78 is 30.9. The molecule has 0 aliphatic heterocycles. The van der Waals surface area contributed by atoms with E-state index in [0.717, 1.165) is 22.5 Å². The van der Waals surface area contributed by atoms with Crippen LogP contribution in [0, 0.1) is 0 Å². The van der Waals surface area contributed by atoms with E-state index in [-0.39, 0.29) is 18.3 Å². The number of aryl methyl sites for hydroxylation is 1.